The second-order valence-electron chi connectivity index (χ2n) is 21.4. The highest BCUT2D eigenvalue weighted by molar-refractivity contribution is 7.20. The molecule has 0 spiro atoms. The molecule has 6 rings (SSSR count). The van der Waals surface area contributed by atoms with Gasteiger partial charge in [0.1, 0.15) is 30.8 Å². The number of thiophene rings is 2. The van der Waals surface area contributed by atoms with Crippen LogP contribution < -0.4 is 18.9 Å². The molecule has 2 aliphatic rings. The molecule has 0 saturated heterocycles. The highest BCUT2D eigenvalue weighted by Crippen LogP contribution is 2.56. The lowest BCUT2D eigenvalue weighted by atomic mass is 9.91. The summed E-state index contributed by atoms with van der Waals surface area (Å²) >= 11 is 10.4. The fraction of sp³-hybridized carbons (Fsp3) is 0.700. The third-order valence-corrected chi connectivity index (χ3v) is 17.5. The van der Waals surface area contributed by atoms with Crippen molar-refractivity contribution >= 4 is 45.0 Å². The highest BCUT2D eigenvalue weighted by atomic mass is 35.5. The molecule has 5 atom stereocenters. The maximum Gasteiger partial charge on any atom is 0.191 e. The topological polar surface area (TPSA) is 73.8 Å². The molecular weight excluding hydrogens is 948 g/mol. The molecule has 71 heavy (non-hydrogen) atoms. The number of hydrogen-bond donors (Lipinski definition) is 0. The molecule has 0 bridgehead atoms. The van der Waals surface area contributed by atoms with E-state index in [1.807, 2.05) is 0 Å². The molecule has 0 N–H and O–H groups in total. The molecule has 2 aliphatic heterocycles. The van der Waals surface area contributed by atoms with Crippen LogP contribution in [0.25, 0.3) is 31.7 Å². The minimum absolute atomic E-state index is 0.394. The summed E-state index contributed by atoms with van der Waals surface area (Å²) in [5.74, 6) is 5.02. The number of benzene rings is 2. The van der Waals surface area contributed by atoms with Crippen molar-refractivity contribution in [2.45, 2.75) is 159 Å². The smallest absolute Gasteiger partial charge is 0.191 e. The molecule has 398 valence electrons. The first-order valence-corrected chi connectivity index (χ1v) is 29.9. The number of unbranched alkanes of at least 4 members (excludes halogenated alkanes) is 4. The zero-order chi connectivity index (χ0) is 50.6. The van der Waals surface area contributed by atoms with Gasteiger partial charge in [-0.2, -0.15) is 0 Å². The fourth-order valence-corrected chi connectivity index (χ4v) is 12.4. The van der Waals surface area contributed by atoms with E-state index in [4.69, 9.17) is 49.5 Å². The van der Waals surface area contributed by atoms with E-state index in [0.717, 1.165) is 93.5 Å². The third kappa shape index (κ3) is 15.7. The van der Waals surface area contributed by atoms with Crippen molar-refractivity contribution in [1.82, 2.24) is 0 Å². The summed E-state index contributed by atoms with van der Waals surface area (Å²) in [5, 5.41) is 2.22. The zero-order valence-electron chi connectivity index (χ0n) is 45.3. The number of ether oxygens (including phenoxy) is 8. The Morgan fingerprint density at radius 1 is 0.507 bits per heavy atom. The van der Waals surface area contributed by atoms with Gasteiger partial charge in [0.05, 0.1) is 47.0 Å². The quantitative estimate of drug-likeness (QED) is 0.0467. The second-order valence-corrected chi connectivity index (χ2v) is 24.3. The van der Waals surface area contributed by atoms with E-state index in [9.17, 15) is 0 Å². The summed E-state index contributed by atoms with van der Waals surface area (Å²) in [6.07, 6.45) is 17.7. The lowest BCUT2D eigenvalue weighted by molar-refractivity contribution is -0.0715. The first-order valence-electron chi connectivity index (χ1n) is 27.9. The van der Waals surface area contributed by atoms with Crippen LogP contribution >= 0.6 is 34.3 Å². The summed E-state index contributed by atoms with van der Waals surface area (Å²) in [5.41, 5.74) is 1.20. The minimum Gasteiger partial charge on any atom is -0.488 e. The summed E-state index contributed by atoms with van der Waals surface area (Å²) in [4.78, 5) is 3.11. The van der Waals surface area contributed by atoms with Gasteiger partial charge >= 0.3 is 0 Å². The van der Waals surface area contributed by atoms with E-state index in [1.165, 1.54) is 82.0 Å². The van der Waals surface area contributed by atoms with E-state index < -0.39 is 10.8 Å². The summed E-state index contributed by atoms with van der Waals surface area (Å²) < 4.78 is 54.5. The number of aryl methyl sites for hydroxylation is 1. The van der Waals surface area contributed by atoms with Crippen LogP contribution in [0.4, 0.5) is 0 Å². The predicted octanol–water partition coefficient (Wildman–Crippen LogP) is 17.3. The molecule has 5 unspecified atom stereocenters. The molecule has 2 aromatic carbocycles. The molecule has 0 fully saturated rings. The molecule has 8 nitrogen and oxygen atoms in total. The van der Waals surface area contributed by atoms with Crippen molar-refractivity contribution in [2.75, 3.05) is 79.3 Å². The van der Waals surface area contributed by atoms with Crippen molar-refractivity contribution < 1.29 is 37.9 Å². The molecule has 0 saturated carbocycles. The van der Waals surface area contributed by atoms with Crippen LogP contribution in [0.2, 0.25) is 4.34 Å². The maximum absolute atomic E-state index is 7.14. The van der Waals surface area contributed by atoms with Crippen LogP contribution in [0.3, 0.4) is 0 Å². The van der Waals surface area contributed by atoms with Gasteiger partial charge in [0.15, 0.2) is 23.0 Å². The molecule has 4 aromatic rings. The molecular formula is C60H91ClO8S2. The standard InChI is InChI=1S/C60H91ClO8S2/c1-10-17-23-43(8)31-62-35-59(36-63-32-45(14-5)24-18-11-2)41-68-54-55(69-42-59)58(61)71-57(54)51-30-29-50(48-27-21-22-28-49(48)51)56-53-52(44(9)70-56)66-39-60(40-67-53,37-64-33-46(15-6)25-19-12-3)38-65-34-47(16-7)26-20-13-4/h21-22,27-30,43,45-47H,10-20,23-26,31-42H2,1-9H3. The Morgan fingerprint density at radius 3 is 1.32 bits per heavy atom. The van der Waals surface area contributed by atoms with E-state index >= 15 is 0 Å². The van der Waals surface area contributed by atoms with Gasteiger partial charge in [0.2, 0.25) is 0 Å². The lowest BCUT2D eigenvalue weighted by Gasteiger charge is -2.32. The van der Waals surface area contributed by atoms with Gasteiger partial charge in [-0.1, -0.05) is 174 Å². The van der Waals surface area contributed by atoms with Gasteiger partial charge in [-0.05, 0) is 67.1 Å². The monoisotopic (exact) mass is 1040 g/mol. The fourth-order valence-electron chi connectivity index (χ4n) is 10.0. The van der Waals surface area contributed by atoms with Gasteiger partial charge in [0, 0.05) is 42.4 Å². The van der Waals surface area contributed by atoms with Gasteiger partial charge in [-0.15, -0.1) is 22.7 Å². The van der Waals surface area contributed by atoms with E-state index in [1.54, 1.807) is 11.3 Å². The third-order valence-electron chi connectivity index (χ3n) is 15.1. The zero-order valence-corrected chi connectivity index (χ0v) is 47.7. The SMILES string of the molecule is CCCCC(C)COCC1(COCC(CC)CCCC)COc2c(Cl)sc(-c3ccc(-c4sc(C)c5c4OCC(COCC(CC)CCCC)(COCC(CC)CCCC)CO5)c4ccccc34)c2OC1. The van der Waals surface area contributed by atoms with Crippen LogP contribution in [-0.4, -0.2) is 79.3 Å². The van der Waals surface area contributed by atoms with Crippen molar-refractivity contribution in [3.05, 3.63) is 45.6 Å². The van der Waals surface area contributed by atoms with E-state index in [0.29, 0.717) is 99.0 Å². The first kappa shape index (κ1) is 57.7. The minimum atomic E-state index is -0.497. The predicted molar refractivity (Wildman–Crippen MR) is 299 cm³/mol. The average Bonchev–Trinajstić information content (AvgIpc) is 3.70. The molecule has 11 heteroatoms. The Hall–Kier alpha value is -2.57. The van der Waals surface area contributed by atoms with Gasteiger partial charge < -0.3 is 37.9 Å². The van der Waals surface area contributed by atoms with Crippen molar-refractivity contribution in [3.8, 4) is 43.9 Å². The number of hydrogen-bond acceptors (Lipinski definition) is 10. The summed E-state index contributed by atoms with van der Waals surface area (Å²) in [7, 11) is 0. The van der Waals surface area contributed by atoms with Crippen molar-refractivity contribution in [3.63, 3.8) is 0 Å². The van der Waals surface area contributed by atoms with E-state index in [2.05, 4.69) is 98.7 Å². The first-order chi connectivity index (χ1) is 34.6. The molecule has 0 aliphatic carbocycles. The molecule has 0 radical (unpaired) electrons. The Bertz CT molecular complexity index is 2150. The van der Waals surface area contributed by atoms with Crippen LogP contribution in [0.15, 0.2) is 36.4 Å². The van der Waals surface area contributed by atoms with Crippen LogP contribution in [0.1, 0.15) is 157 Å². The Balaban J connectivity index is 1.26. The molecule has 0 amide bonds. The molecule has 4 heterocycles. The van der Waals surface area contributed by atoms with Crippen LogP contribution in [0, 0.1) is 41.4 Å². The average molecular weight is 1040 g/mol. The molecule has 2 aromatic heterocycles. The second kappa shape index (κ2) is 29.5. The summed E-state index contributed by atoms with van der Waals surface area (Å²) in [6.45, 7) is 26.9. The van der Waals surface area contributed by atoms with Crippen LogP contribution in [-0.2, 0) is 18.9 Å². The van der Waals surface area contributed by atoms with E-state index in [-0.39, 0.29) is 0 Å². The summed E-state index contributed by atoms with van der Waals surface area (Å²) in [6, 6.07) is 13.1. The largest absolute Gasteiger partial charge is 0.488 e. The number of rotatable bonds is 33. The van der Waals surface area contributed by atoms with Gasteiger partial charge in [-0.3, -0.25) is 0 Å². The lowest BCUT2D eigenvalue weighted by Crippen LogP contribution is -2.43. The number of halogens is 1. The maximum atomic E-state index is 7.14. The van der Waals surface area contributed by atoms with Crippen LogP contribution in [0.5, 0.6) is 23.0 Å². The van der Waals surface area contributed by atoms with Gasteiger partial charge in [-0.25, -0.2) is 0 Å². The van der Waals surface area contributed by atoms with Crippen molar-refractivity contribution in [2.24, 2.45) is 34.5 Å². The number of fused-ring (bicyclic) bond motifs is 3. The Kier molecular flexibility index (Phi) is 24.0. The Labute approximate surface area is 442 Å². The normalized spacial score (nSPS) is 19.6. The highest BCUT2D eigenvalue weighted by Gasteiger charge is 2.41. The Morgan fingerprint density at radius 2 is 0.887 bits per heavy atom. The van der Waals surface area contributed by atoms with Crippen molar-refractivity contribution in [1.29, 1.82) is 0 Å². The van der Waals surface area contributed by atoms with Gasteiger partial charge in [0.25, 0.3) is 0 Å².